The molecule has 5 fully saturated rings. The largest absolute Gasteiger partial charge is 0.419 e. The summed E-state index contributed by atoms with van der Waals surface area (Å²) in [6.45, 7) is 8.77. The summed E-state index contributed by atoms with van der Waals surface area (Å²) in [6, 6.07) is 2.01. The lowest BCUT2D eigenvalue weighted by atomic mass is 9.97. The Bertz CT molecular complexity index is 971. The highest BCUT2D eigenvalue weighted by molar-refractivity contribution is 6.07. The zero-order valence-corrected chi connectivity index (χ0v) is 18.5. The number of alkyl halides is 3. The summed E-state index contributed by atoms with van der Waals surface area (Å²) in [5, 5.41) is 12.1. The number of allylic oxidation sites excluding steroid dienone is 2. The van der Waals surface area contributed by atoms with Gasteiger partial charge < -0.3 is 21.2 Å². The van der Waals surface area contributed by atoms with Crippen LogP contribution in [0, 0.1) is 28.6 Å². The normalized spacial score (nSPS) is 36.2. The highest BCUT2D eigenvalue weighted by Gasteiger charge is 2.93. The molecular formula is C23H30F3N5O. The van der Waals surface area contributed by atoms with E-state index < -0.39 is 17.6 Å². The minimum atomic E-state index is -4.60. The molecule has 2 heterocycles. The zero-order valence-electron chi connectivity index (χ0n) is 18.5. The van der Waals surface area contributed by atoms with Crippen molar-refractivity contribution in [2.24, 2.45) is 23.2 Å². The number of ether oxygens (including phenoxy) is 1. The molecule has 6 atom stereocenters. The summed E-state index contributed by atoms with van der Waals surface area (Å²) < 4.78 is 45.4. The second-order valence-electron chi connectivity index (χ2n) is 9.98. The van der Waals surface area contributed by atoms with E-state index in [9.17, 15) is 13.2 Å². The van der Waals surface area contributed by atoms with Crippen LogP contribution < -0.4 is 11.1 Å². The summed E-state index contributed by atoms with van der Waals surface area (Å²) >= 11 is 0. The van der Waals surface area contributed by atoms with E-state index in [1.165, 1.54) is 6.20 Å². The molecule has 1 aromatic heterocycles. The van der Waals surface area contributed by atoms with Crippen molar-refractivity contribution in [1.29, 1.82) is 5.41 Å². The van der Waals surface area contributed by atoms with E-state index in [1.54, 1.807) is 6.08 Å². The number of aromatic nitrogens is 1. The van der Waals surface area contributed by atoms with Crippen LogP contribution in [0.3, 0.4) is 0 Å². The first-order chi connectivity index (χ1) is 15.1. The lowest BCUT2D eigenvalue weighted by Crippen LogP contribution is -2.49. The Kier molecular flexibility index (Phi) is 4.87. The second kappa shape index (κ2) is 7.18. The fraction of sp³-hybridized carbons (Fsp3) is 0.652. The fourth-order valence-electron chi connectivity index (χ4n) is 6.47. The smallest absolute Gasteiger partial charge is 0.386 e. The molecule has 4 aliphatic carbocycles. The molecule has 1 aliphatic heterocycles. The van der Waals surface area contributed by atoms with E-state index in [-0.39, 0.29) is 22.7 Å². The van der Waals surface area contributed by atoms with Gasteiger partial charge in [-0.15, -0.1) is 0 Å². The molecule has 0 amide bonds. The molecule has 5 aliphatic rings. The molecule has 2 bridgehead atoms. The van der Waals surface area contributed by atoms with Gasteiger partial charge in [-0.25, -0.2) is 4.98 Å². The molecule has 4 N–H and O–H groups in total. The van der Waals surface area contributed by atoms with E-state index in [0.717, 1.165) is 37.9 Å². The third-order valence-electron chi connectivity index (χ3n) is 7.81. The third-order valence-corrected chi connectivity index (χ3v) is 7.81. The van der Waals surface area contributed by atoms with E-state index in [4.69, 9.17) is 15.9 Å². The van der Waals surface area contributed by atoms with E-state index >= 15 is 0 Å². The van der Waals surface area contributed by atoms with Crippen LogP contribution in [0.5, 0.6) is 0 Å². The van der Waals surface area contributed by atoms with Crippen LogP contribution in [-0.2, 0) is 10.9 Å². The van der Waals surface area contributed by atoms with Crippen LogP contribution in [0.15, 0.2) is 24.0 Å². The molecule has 0 aromatic carbocycles. The third kappa shape index (κ3) is 3.15. The van der Waals surface area contributed by atoms with Gasteiger partial charge in [-0.1, -0.05) is 0 Å². The number of morpholine rings is 1. The predicted molar refractivity (Wildman–Crippen MR) is 115 cm³/mol. The average molecular weight is 450 g/mol. The molecule has 0 spiro atoms. The number of anilines is 1. The van der Waals surface area contributed by atoms with Crippen molar-refractivity contribution in [1.82, 2.24) is 15.2 Å². The number of nitrogens with zero attached hydrogens (tertiary/aromatic N) is 2. The van der Waals surface area contributed by atoms with Crippen molar-refractivity contribution in [3.63, 3.8) is 0 Å². The van der Waals surface area contributed by atoms with Gasteiger partial charge in [0, 0.05) is 47.5 Å². The number of nitrogen functional groups attached to an aromatic ring is 1. The van der Waals surface area contributed by atoms with Crippen LogP contribution in [-0.4, -0.2) is 53.5 Å². The first kappa shape index (κ1) is 21.7. The molecule has 32 heavy (non-hydrogen) atoms. The van der Waals surface area contributed by atoms with Crippen LogP contribution in [0.4, 0.5) is 19.0 Å². The zero-order chi connectivity index (χ0) is 23.0. The Morgan fingerprint density at radius 3 is 2.78 bits per heavy atom. The first-order valence-corrected chi connectivity index (χ1v) is 11.3. The van der Waals surface area contributed by atoms with E-state index in [1.807, 2.05) is 13.8 Å². The SMILES string of the molecule is CC(C)N/C(=C\C(=N)c1cnc(N)c(C(F)(F)F)c1)[C@]12C3[C@@H](N4CCOC[C@@H]4C)C[C@@H]1[C@H]32. The summed E-state index contributed by atoms with van der Waals surface area (Å²) in [5.74, 6) is 1.19. The summed E-state index contributed by atoms with van der Waals surface area (Å²) in [7, 11) is 0. The highest BCUT2D eigenvalue weighted by atomic mass is 19.4. The lowest BCUT2D eigenvalue weighted by molar-refractivity contribution is -0.137. The molecule has 1 unspecified atom stereocenters. The maximum Gasteiger partial charge on any atom is 0.419 e. The van der Waals surface area contributed by atoms with Crippen molar-refractivity contribution in [3.8, 4) is 0 Å². The molecule has 0 radical (unpaired) electrons. The van der Waals surface area contributed by atoms with Crippen LogP contribution in [0.25, 0.3) is 0 Å². The Morgan fingerprint density at radius 1 is 1.41 bits per heavy atom. The maximum absolute atomic E-state index is 13.3. The van der Waals surface area contributed by atoms with Gasteiger partial charge in [0.15, 0.2) is 0 Å². The van der Waals surface area contributed by atoms with Crippen molar-refractivity contribution < 1.29 is 17.9 Å². The molecule has 174 valence electrons. The fourth-order valence-corrected chi connectivity index (χ4v) is 6.47. The standard InChI is InChI=1S/C23H30F3N5O/c1-11(2)30-18(8-16(27)13-6-15(23(24,25)26)21(28)29-9-13)22-14-7-17(20(22)19(14)22)31-4-5-32-10-12(31)3/h6,8-9,11-12,14,17,19-20,27,30H,4-5,7,10H2,1-3H3,(H2,28,29)/b18-8-,27-16?/t12-,14+,17-,19+,20?,22+/m0/s1. The lowest BCUT2D eigenvalue weighted by Gasteiger charge is -2.38. The average Bonchev–Trinajstić information content (AvgIpc) is 3.45. The highest BCUT2D eigenvalue weighted by Crippen LogP contribution is 2.93. The number of hydrogen-bond donors (Lipinski definition) is 3. The summed E-state index contributed by atoms with van der Waals surface area (Å²) in [4.78, 5) is 6.27. The number of nitrogens with one attached hydrogen (secondary N) is 2. The number of hydrogen-bond acceptors (Lipinski definition) is 6. The minimum Gasteiger partial charge on any atom is -0.386 e. The van der Waals surface area contributed by atoms with Crippen LogP contribution in [0.2, 0.25) is 0 Å². The molecular weight excluding hydrogens is 419 g/mol. The van der Waals surface area contributed by atoms with Gasteiger partial charge >= 0.3 is 6.18 Å². The topological polar surface area (TPSA) is 87.3 Å². The van der Waals surface area contributed by atoms with Crippen LogP contribution >= 0.6 is 0 Å². The maximum atomic E-state index is 13.3. The second-order valence-corrected chi connectivity index (χ2v) is 9.98. The summed E-state index contributed by atoms with van der Waals surface area (Å²) in [6.07, 6.45) is -0.483. The Balaban J connectivity index is 1.41. The number of halogens is 3. The molecule has 4 saturated carbocycles. The molecule has 1 aromatic rings. The van der Waals surface area contributed by atoms with Crippen molar-refractivity contribution in [3.05, 3.63) is 35.2 Å². The predicted octanol–water partition coefficient (Wildman–Crippen LogP) is 3.29. The van der Waals surface area contributed by atoms with Gasteiger partial charge in [-0.3, -0.25) is 4.90 Å². The van der Waals surface area contributed by atoms with Gasteiger partial charge in [0.1, 0.15) is 5.82 Å². The molecule has 9 heteroatoms. The van der Waals surface area contributed by atoms with E-state index in [2.05, 4.69) is 22.1 Å². The van der Waals surface area contributed by atoms with Crippen molar-refractivity contribution in [2.75, 3.05) is 25.5 Å². The number of nitrogens with two attached hydrogens (primary N) is 1. The van der Waals surface area contributed by atoms with Crippen molar-refractivity contribution >= 4 is 11.5 Å². The van der Waals surface area contributed by atoms with Gasteiger partial charge in [0.25, 0.3) is 0 Å². The molecule has 6 rings (SSSR count). The monoisotopic (exact) mass is 449 g/mol. The minimum absolute atomic E-state index is 0.0220. The van der Waals surface area contributed by atoms with E-state index in [0.29, 0.717) is 29.8 Å². The van der Waals surface area contributed by atoms with Gasteiger partial charge in [-0.05, 0) is 57.1 Å². The Morgan fingerprint density at radius 2 is 2.16 bits per heavy atom. The Labute approximate surface area is 185 Å². The number of fused-ring (bicyclic) bond motifs is 1. The van der Waals surface area contributed by atoms with Crippen molar-refractivity contribution in [2.45, 2.75) is 51.5 Å². The summed E-state index contributed by atoms with van der Waals surface area (Å²) in [5.41, 5.74) is 5.61. The van der Waals surface area contributed by atoms with Crippen LogP contribution in [0.1, 0.15) is 38.3 Å². The van der Waals surface area contributed by atoms with Gasteiger partial charge in [0.05, 0.1) is 24.5 Å². The Hall–Kier alpha value is -2.13. The number of pyridine rings is 1. The number of rotatable bonds is 6. The van der Waals surface area contributed by atoms with Gasteiger partial charge in [-0.2, -0.15) is 13.2 Å². The molecule has 6 nitrogen and oxygen atoms in total. The molecule has 1 saturated heterocycles. The first-order valence-electron chi connectivity index (χ1n) is 11.3. The quantitative estimate of drug-likeness (QED) is 0.580. The van der Waals surface area contributed by atoms with Gasteiger partial charge in [0.2, 0.25) is 0 Å².